The van der Waals surface area contributed by atoms with Gasteiger partial charge in [0.2, 0.25) is 5.88 Å². The maximum Gasteiger partial charge on any atom is 0.410 e. The Morgan fingerprint density at radius 1 is 1.10 bits per heavy atom. The summed E-state index contributed by atoms with van der Waals surface area (Å²) in [4.78, 5) is 39.2. The molecule has 1 atom stereocenters. The van der Waals surface area contributed by atoms with Crippen molar-refractivity contribution in [3.8, 4) is 34.5 Å². The number of methoxy groups -OCH3 is 1. The number of carbonyl (C=O) groups excluding carboxylic acids is 2. The van der Waals surface area contributed by atoms with Crippen molar-refractivity contribution in [2.24, 2.45) is 0 Å². The van der Waals surface area contributed by atoms with Gasteiger partial charge in [0.25, 0.3) is 0 Å². The van der Waals surface area contributed by atoms with Crippen LogP contribution in [0.2, 0.25) is 0 Å². The van der Waals surface area contributed by atoms with Crippen molar-refractivity contribution in [2.45, 2.75) is 52.2 Å². The highest BCUT2D eigenvalue weighted by molar-refractivity contribution is 5.70. The average molecular weight is 536 g/mol. The van der Waals surface area contributed by atoms with Crippen LogP contribution in [0.3, 0.4) is 0 Å². The third-order valence-corrected chi connectivity index (χ3v) is 5.78. The first-order valence-electron chi connectivity index (χ1n) is 12.7. The van der Waals surface area contributed by atoms with Crippen molar-refractivity contribution in [3.63, 3.8) is 0 Å². The molecule has 39 heavy (non-hydrogen) atoms. The highest BCUT2D eigenvalue weighted by Gasteiger charge is 2.32. The fraction of sp³-hybridized carbons (Fsp3) is 0.393. The van der Waals surface area contributed by atoms with Gasteiger partial charge in [-0.1, -0.05) is 6.07 Å². The van der Waals surface area contributed by atoms with Crippen LogP contribution < -0.4 is 19.5 Å². The van der Waals surface area contributed by atoms with Crippen LogP contribution in [0.5, 0.6) is 23.1 Å². The van der Waals surface area contributed by atoms with Gasteiger partial charge in [0.1, 0.15) is 28.5 Å². The topological polar surface area (TPSA) is 125 Å². The number of hydrogen-bond donors (Lipinski definition) is 1. The second-order valence-corrected chi connectivity index (χ2v) is 10.0. The Hall–Kier alpha value is -4.41. The van der Waals surface area contributed by atoms with E-state index in [1.165, 1.54) is 6.92 Å². The van der Waals surface area contributed by atoms with E-state index in [9.17, 15) is 9.59 Å². The lowest BCUT2D eigenvalue weighted by Gasteiger charge is -2.29. The first kappa shape index (κ1) is 27.6. The summed E-state index contributed by atoms with van der Waals surface area (Å²) >= 11 is 0. The number of benzene rings is 1. The molecule has 3 aromatic rings. The Labute approximate surface area is 227 Å². The second kappa shape index (κ2) is 12.0. The van der Waals surface area contributed by atoms with Crippen molar-refractivity contribution >= 4 is 17.7 Å². The molecule has 11 heteroatoms. The average Bonchev–Trinajstić information content (AvgIpc) is 3.36. The van der Waals surface area contributed by atoms with E-state index < -0.39 is 11.6 Å². The van der Waals surface area contributed by atoms with Gasteiger partial charge in [-0.05, 0) is 51.8 Å². The van der Waals surface area contributed by atoms with Gasteiger partial charge >= 0.3 is 12.1 Å². The van der Waals surface area contributed by atoms with Gasteiger partial charge in [-0.15, -0.1) is 0 Å². The summed E-state index contributed by atoms with van der Waals surface area (Å²) in [6.07, 6.45) is 6.24. The predicted octanol–water partition coefficient (Wildman–Crippen LogP) is 5.08. The molecule has 3 heterocycles. The van der Waals surface area contributed by atoms with Crippen LogP contribution >= 0.6 is 0 Å². The number of anilines is 1. The first-order chi connectivity index (χ1) is 18.6. The van der Waals surface area contributed by atoms with Crippen LogP contribution in [0, 0.1) is 0 Å². The van der Waals surface area contributed by atoms with E-state index in [0.717, 1.165) is 12.8 Å². The fourth-order valence-electron chi connectivity index (χ4n) is 4.07. The van der Waals surface area contributed by atoms with E-state index in [1.54, 1.807) is 60.9 Å². The van der Waals surface area contributed by atoms with Crippen LogP contribution in [0.15, 0.2) is 48.9 Å². The normalized spacial score (nSPS) is 15.0. The molecular weight excluding hydrogens is 502 g/mol. The van der Waals surface area contributed by atoms with Gasteiger partial charge in [0, 0.05) is 37.8 Å². The Morgan fingerprint density at radius 2 is 1.90 bits per heavy atom. The number of carbonyl (C=O) groups is 2. The Balaban J connectivity index is 1.59. The number of nitrogens with zero attached hydrogens (tertiary/aromatic N) is 4. The molecule has 0 saturated carbocycles. The standard InChI is InChI=1S/C28H33N5O6/c1-18(34)37-21-9-6-10-22(13-21)38-26-24(17-31-25(32-26)19-12-23(36-5)16-29-14-19)30-15-20-8-7-11-33(20)27(35)39-28(2,3)4/h6,9-10,12-14,16-17,20,30H,7-8,11,15H2,1-5H3/t20-/m0/s1. The van der Waals surface area contributed by atoms with E-state index in [2.05, 4.69) is 20.3 Å². The minimum atomic E-state index is -0.571. The van der Waals surface area contributed by atoms with Crippen molar-refractivity contribution in [3.05, 3.63) is 48.9 Å². The number of amides is 1. The highest BCUT2D eigenvalue weighted by Crippen LogP contribution is 2.32. The number of esters is 1. The monoisotopic (exact) mass is 535 g/mol. The summed E-state index contributed by atoms with van der Waals surface area (Å²) in [5.41, 5.74) is 0.604. The van der Waals surface area contributed by atoms with Gasteiger partial charge in [-0.2, -0.15) is 4.98 Å². The SMILES string of the molecule is COc1cncc(-c2ncc(NC[C@@H]3CCCN3C(=O)OC(C)(C)C)c(Oc3cccc(OC(C)=O)c3)n2)c1. The Morgan fingerprint density at radius 3 is 2.64 bits per heavy atom. The van der Waals surface area contributed by atoms with E-state index in [1.807, 2.05) is 20.8 Å². The van der Waals surface area contributed by atoms with Crippen molar-refractivity contribution in [2.75, 3.05) is 25.5 Å². The number of aromatic nitrogens is 3. The maximum absolute atomic E-state index is 12.7. The van der Waals surface area contributed by atoms with Crippen LogP contribution in [-0.2, 0) is 9.53 Å². The van der Waals surface area contributed by atoms with Gasteiger partial charge in [0.15, 0.2) is 5.82 Å². The summed E-state index contributed by atoms with van der Waals surface area (Å²) in [6, 6.07) is 8.41. The largest absolute Gasteiger partial charge is 0.495 e. The highest BCUT2D eigenvalue weighted by atomic mass is 16.6. The predicted molar refractivity (Wildman–Crippen MR) is 144 cm³/mol. The van der Waals surface area contributed by atoms with Crippen LogP contribution in [0.4, 0.5) is 10.5 Å². The second-order valence-electron chi connectivity index (χ2n) is 10.0. The van der Waals surface area contributed by atoms with E-state index in [-0.39, 0.29) is 18.0 Å². The molecule has 0 spiro atoms. The number of likely N-dealkylation sites (tertiary alicyclic amines) is 1. The molecule has 1 aliphatic heterocycles. The Bertz CT molecular complexity index is 1330. The molecule has 206 valence electrons. The van der Waals surface area contributed by atoms with Crippen LogP contribution in [0.1, 0.15) is 40.5 Å². The van der Waals surface area contributed by atoms with E-state index in [4.69, 9.17) is 18.9 Å². The molecule has 2 aromatic heterocycles. The molecule has 1 N–H and O–H groups in total. The van der Waals surface area contributed by atoms with Crippen LogP contribution in [0.25, 0.3) is 11.4 Å². The molecule has 1 aromatic carbocycles. The summed E-state index contributed by atoms with van der Waals surface area (Å²) < 4.78 is 22.2. The maximum atomic E-state index is 12.7. The molecule has 1 amide bonds. The molecule has 1 saturated heterocycles. The molecule has 4 rings (SSSR count). The van der Waals surface area contributed by atoms with Crippen LogP contribution in [-0.4, -0.2) is 63.8 Å². The minimum Gasteiger partial charge on any atom is -0.495 e. The molecule has 0 unspecified atom stereocenters. The summed E-state index contributed by atoms with van der Waals surface area (Å²) in [6.45, 7) is 7.97. The third-order valence-electron chi connectivity index (χ3n) is 5.78. The molecule has 1 aliphatic rings. The summed E-state index contributed by atoms with van der Waals surface area (Å²) in [5.74, 6) is 1.54. The van der Waals surface area contributed by atoms with Gasteiger partial charge in [-0.3, -0.25) is 9.78 Å². The van der Waals surface area contributed by atoms with Gasteiger partial charge < -0.3 is 29.2 Å². The lowest BCUT2D eigenvalue weighted by Crippen LogP contribution is -2.42. The van der Waals surface area contributed by atoms with Gasteiger partial charge in [-0.25, -0.2) is 9.78 Å². The number of ether oxygens (including phenoxy) is 4. The smallest absolute Gasteiger partial charge is 0.410 e. The number of rotatable bonds is 8. The Kier molecular flexibility index (Phi) is 8.48. The quantitative estimate of drug-likeness (QED) is 0.308. The molecule has 1 fully saturated rings. The third kappa shape index (κ3) is 7.56. The van der Waals surface area contributed by atoms with Crippen molar-refractivity contribution in [1.29, 1.82) is 0 Å². The summed E-state index contributed by atoms with van der Waals surface area (Å²) in [7, 11) is 1.56. The molecule has 11 nitrogen and oxygen atoms in total. The number of hydrogen-bond acceptors (Lipinski definition) is 10. The molecular formula is C28H33N5O6. The zero-order valence-corrected chi connectivity index (χ0v) is 22.8. The lowest BCUT2D eigenvalue weighted by molar-refractivity contribution is -0.131. The molecule has 0 bridgehead atoms. The number of pyridine rings is 1. The van der Waals surface area contributed by atoms with Gasteiger partial charge in [0.05, 0.1) is 25.5 Å². The lowest BCUT2D eigenvalue weighted by atomic mass is 10.2. The van der Waals surface area contributed by atoms with Crippen molar-refractivity contribution in [1.82, 2.24) is 19.9 Å². The molecule has 0 aliphatic carbocycles. The summed E-state index contributed by atoms with van der Waals surface area (Å²) in [5, 5.41) is 3.35. The zero-order valence-electron chi connectivity index (χ0n) is 22.8. The van der Waals surface area contributed by atoms with E-state index >= 15 is 0 Å². The molecule has 0 radical (unpaired) electrons. The van der Waals surface area contributed by atoms with Crippen molar-refractivity contribution < 1.29 is 28.5 Å². The number of nitrogens with one attached hydrogen (secondary N) is 1. The first-order valence-corrected chi connectivity index (χ1v) is 12.7. The fourth-order valence-corrected chi connectivity index (χ4v) is 4.07. The zero-order chi connectivity index (χ0) is 28.0. The van der Waals surface area contributed by atoms with E-state index in [0.29, 0.717) is 47.4 Å². The minimum absolute atomic E-state index is 0.0674.